The van der Waals surface area contributed by atoms with Gasteiger partial charge in [-0.2, -0.15) is 0 Å². The van der Waals surface area contributed by atoms with E-state index in [-0.39, 0.29) is 11.1 Å². The summed E-state index contributed by atoms with van der Waals surface area (Å²) in [6.45, 7) is 3.44. The number of allylic oxidation sites excluding steroid dienone is 3. The van der Waals surface area contributed by atoms with E-state index >= 15 is 0 Å². The fourth-order valence-electron chi connectivity index (χ4n) is 2.86. The summed E-state index contributed by atoms with van der Waals surface area (Å²) in [6.07, 6.45) is 1.59. The molecule has 0 fully saturated rings. The number of dihydropyridines is 1. The second-order valence-corrected chi connectivity index (χ2v) is 7.03. The van der Waals surface area contributed by atoms with Crippen LogP contribution in [-0.4, -0.2) is 26.2 Å². The van der Waals surface area contributed by atoms with E-state index in [4.69, 9.17) is 44.3 Å². The van der Waals surface area contributed by atoms with Crippen LogP contribution in [0.4, 0.5) is 0 Å². The fourth-order valence-corrected chi connectivity index (χ4v) is 3.40. The highest BCUT2D eigenvalue weighted by Gasteiger charge is 2.35. The van der Waals surface area contributed by atoms with Crippen molar-refractivity contribution in [2.75, 3.05) is 14.2 Å². The van der Waals surface area contributed by atoms with Gasteiger partial charge >= 0.3 is 11.9 Å². The van der Waals surface area contributed by atoms with Crippen LogP contribution < -0.4 is 5.32 Å². The van der Waals surface area contributed by atoms with E-state index in [1.54, 1.807) is 38.1 Å². The molecule has 1 heterocycles. The first-order chi connectivity index (χ1) is 12.7. The van der Waals surface area contributed by atoms with Crippen molar-refractivity contribution in [2.24, 2.45) is 5.92 Å². The first-order valence-corrected chi connectivity index (χ1v) is 9.02. The van der Waals surface area contributed by atoms with E-state index in [0.29, 0.717) is 32.0 Å². The Hall–Kier alpha value is -1.95. The van der Waals surface area contributed by atoms with Crippen LogP contribution in [0.25, 0.3) is 5.03 Å². The van der Waals surface area contributed by atoms with Crippen LogP contribution in [-0.2, 0) is 19.1 Å². The Kier molecular flexibility index (Phi) is 6.98. The zero-order valence-electron chi connectivity index (χ0n) is 15.2. The maximum absolute atomic E-state index is 12.4. The molecule has 0 atom stereocenters. The maximum Gasteiger partial charge on any atom is 0.336 e. The third kappa shape index (κ3) is 4.49. The number of rotatable bonds is 4. The first kappa shape index (κ1) is 21.4. The number of carbonyl (C=O) groups is 2. The number of halogens is 3. The predicted octanol–water partition coefficient (Wildman–Crippen LogP) is 4.69. The van der Waals surface area contributed by atoms with E-state index in [0.717, 1.165) is 0 Å². The van der Waals surface area contributed by atoms with Crippen molar-refractivity contribution >= 4 is 51.8 Å². The monoisotopic (exact) mass is 429 g/mol. The van der Waals surface area contributed by atoms with Gasteiger partial charge in [0.05, 0.1) is 35.4 Å². The van der Waals surface area contributed by atoms with Crippen LogP contribution in [0.2, 0.25) is 10.0 Å². The second-order valence-electron chi connectivity index (χ2n) is 5.81. The molecule has 1 aliphatic heterocycles. The number of hydrogen-bond acceptors (Lipinski definition) is 5. The molecule has 1 aliphatic rings. The van der Waals surface area contributed by atoms with Gasteiger partial charge in [-0.25, -0.2) is 9.59 Å². The highest BCUT2D eigenvalue weighted by Crippen LogP contribution is 2.36. The lowest BCUT2D eigenvalue weighted by molar-refractivity contribution is -0.137. The summed E-state index contributed by atoms with van der Waals surface area (Å²) in [5.74, 6) is -1.91. The minimum atomic E-state index is -0.756. The summed E-state index contributed by atoms with van der Waals surface area (Å²) in [5, 5.41) is 4.04. The second kappa shape index (κ2) is 8.83. The van der Waals surface area contributed by atoms with Crippen molar-refractivity contribution in [3.05, 3.63) is 62.4 Å². The lowest BCUT2D eigenvalue weighted by Gasteiger charge is -2.28. The number of hydrogen-bond donors (Lipinski definition) is 1. The fraction of sp³-hybridized carbons (Fsp3) is 0.263. The number of carbonyl (C=O) groups excluding carboxylic acids is 2. The normalized spacial score (nSPS) is 15.6. The quantitative estimate of drug-likeness (QED) is 0.702. The van der Waals surface area contributed by atoms with Crippen molar-refractivity contribution < 1.29 is 19.1 Å². The molecule has 1 aromatic rings. The molecular formula is C19H18Cl3NO4. The molecule has 2 rings (SSSR count). The van der Waals surface area contributed by atoms with E-state index in [1.165, 1.54) is 14.2 Å². The van der Waals surface area contributed by atoms with E-state index < -0.39 is 17.9 Å². The lowest BCUT2D eigenvalue weighted by atomic mass is 9.84. The topological polar surface area (TPSA) is 64.6 Å². The Labute approximate surface area is 172 Å². The Morgan fingerprint density at radius 2 is 1.52 bits per heavy atom. The molecule has 0 spiro atoms. The van der Waals surface area contributed by atoms with Crippen molar-refractivity contribution in [1.29, 1.82) is 0 Å². The van der Waals surface area contributed by atoms with Crippen LogP contribution in [0.1, 0.15) is 19.4 Å². The average molecular weight is 431 g/mol. The van der Waals surface area contributed by atoms with Crippen LogP contribution in [0.5, 0.6) is 0 Å². The number of esters is 2. The molecule has 0 saturated carbocycles. The van der Waals surface area contributed by atoms with E-state index in [1.807, 2.05) is 0 Å². The summed E-state index contributed by atoms with van der Waals surface area (Å²) < 4.78 is 9.77. The Morgan fingerprint density at radius 1 is 1.00 bits per heavy atom. The molecule has 0 saturated heterocycles. The van der Waals surface area contributed by atoms with E-state index in [9.17, 15) is 9.59 Å². The maximum atomic E-state index is 12.4. The number of methoxy groups -OCH3 is 2. The smallest absolute Gasteiger partial charge is 0.336 e. The molecule has 144 valence electrons. The Morgan fingerprint density at radius 3 is 1.96 bits per heavy atom. The average Bonchev–Trinajstić information content (AvgIpc) is 2.62. The van der Waals surface area contributed by atoms with Crippen molar-refractivity contribution in [3.8, 4) is 0 Å². The summed E-state index contributed by atoms with van der Waals surface area (Å²) in [7, 11) is 2.54. The number of ether oxygens (including phenoxy) is 2. The first-order valence-electron chi connectivity index (χ1n) is 7.89. The SMILES string of the molecule is COC(=O)C1=C(C)NC(C)=C(C(=O)OC)C1/C=C(\Cl)c1ccc(Cl)c(Cl)c1. The van der Waals surface area contributed by atoms with Gasteiger partial charge in [-0.3, -0.25) is 0 Å². The van der Waals surface area contributed by atoms with E-state index in [2.05, 4.69) is 5.32 Å². The molecular weight excluding hydrogens is 413 g/mol. The van der Waals surface area contributed by atoms with Gasteiger partial charge in [0.1, 0.15) is 0 Å². The minimum absolute atomic E-state index is 0.265. The largest absolute Gasteiger partial charge is 0.466 e. The summed E-state index contributed by atoms with van der Waals surface area (Å²) >= 11 is 18.5. The van der Waals surface area contributed by atoms with Crippen molar-refractivity contribution in [2.45, 2.75) is 13.8 Å². The summed E-state index contributed by atoms with van der Waals surface area (Å²) in [6, 6.07) is 4.91. The molecule has 0 unspecified atom stereocenters. The van der Waals surface area contributed by atoms with Gasteiger partial charge in [0.25, 0.3) is 0 Å². The van der Waals surface area contributed by atoms with Gasteiger partial charge in [0.15, 0.2) is 0 Å². The van der Waals surface area contributed by atoms with Gasteiger partial charge < -0.3 is 14.8 Å². The zero-order chi connectivity index (χ0) is 20.3. The lowest BCUT2D eigenvalue weighted by Crippen LogP contribution is -2.32. The van der Waals surface area contributed by atoms with Crippen LogP contribution in [0.3, 0.4) is 0 Å². The molecule has 27 heavy (non-hydrogen) atoms. The van der Waals surface area contributed by atoms with Crippen molar-refractivity contribution in [1.82, 2.24) is 5.32 Å². The third-order valence-corrected chi connectivity index (χ3v) is 5.21. The number of nitrogens with one attached hydrogen (secondary N) is 1. The van der Waals surface area contributed by atoms with Gasteiger partial charge in [-0.15, -0.1) is 0 Å². The molecule has 5 nitrogen and oxygen atoms in total. The summed E-state index contributed by atoms with van der Waals surface area (Å²) in [5.41, 5.74) is 2.25. The van der Waals surface area contributed by atoms with Gasteiger partial charge in [0.2, 0.25) is 0 Å². The van der Waals surface area contributed by atoms with Crippen LogP contribution in [0.15, 0.2) is 46.8 Å². The predicted molar refractivity (Wildman–Crippen MR) is 106 cm³/mol. The molecule has 0 amide bonds. The molecule has 1 aromatic carbocycles. The Bertz CT molecular complexity index is 849. The van der Waals surface area contributed by atoms with Gasteiger partial charge in [-0.1, -0.05) is 46.9 Å². The summed E-state index contributed by atoms with van der Waals surface area (Å²) in [4.78, 5) is 24.7. The molecule has 0 bridgehead atoms. The molecule has 0 aromatic heterocycles. The minimum Gasteiger partial charge on any atom is -0.466 e. The molecule has 0 radical (unpaired) electrons. The highest BCUT2D eigenvalue weighted by atomic mass is 35.5. The molecule has 8 heteroatoms. The number of benzene rings is 1. The third-order valence-electron chi connectivity index (χ3n) is 4.12. The van der Waals surface area contributed by atoms with Crippen LogP contribution in [0, 0.1) is 5.92 Å². The van der Waals surface area contributed by atoms with Gasteiger partial charge in [0, 0.05) is 22.3 Å². The van der Waals surface area contributed by atoms with Gasteiger partial charge in [-0.05, 0) is 31.5 Å². The Balaban J connectivity index is 2.62. The zero-order valence-corrected chi connectivity index (χ0v) is 17.4. The molecule has 0 aliphatic carbocycles. The highest BCUT2D eigenvalue weighted by molar-refractivity contribution is 6.49. The van der Waals surface area contributed by atoms with Crippen LogP contribution >= 0.6 is 34.8 Å². The standard InChI is InChI=1S/C19H18Cl3NO4/c1-9-16(18(24)26-3)12(17(10(2)23-9)19(25)27-4)8-14(21)11-5-6-13(20)15(22)7-11/h5-8,12,23H,1-4H3/b14-8-. The van der Waals surface area contributed by atoms with Crippen molar-refractivity contribution in [3.63, 3.8) is 0 Å². The molecule has 1 N–H and O–H groups in total.